The van der Waals surface area contributed by atoms with Crippen molar-refractivity contribution in [2.24, 2.45) is 0 Å². The molecule has 1 atom stereocenters. The van der Waals surface area contributed by atoms with Crippen LogP contribution in [-0.4, -0.2) is 70.3 Å². The minimum Gasteiger partial charge on any atom is -0.480 e. The number of carbonyl (C=O) groups is 3. The SMILES string of the molecule is O=C(O)C(COO)NCCNC(C(=O)O)C(=O)O. The van der Waals surface area contributed by atoms with Gasteiger partial charge in [-0.05, 0) is 0 Å². The van der Waals surface area contributed by atoms with Crippen molar-refractivity contribution in [1.29, 1.82) is 0 Å². The monoisotopic (exact) mass is 266 g/mol. The predicted molar refractivity (Wildman–Crippen MR) is 55.1 cm³/mol. The Morgan fingerprint density at radius 2 is 1.44 bits per heavy atom. The lowest BCUT2D eigenvalue weighted by Crippen LogP contribution is -2.48. The van der Waals surface area contributed by atoms with Gasteiger partial charge in [-0.15, -0.1) is 0 Å². The lowest BCUT2D eigenvalue weighted by atomic mass is 10.3. The van der Waals surface area contributed by atoms with E-state index in [1.165, 1.54) is 0 Å². The second-order valence-corrected chi connectivity index (χ2v) is 3.20. The van der Waals surface area contributed by atoms with Crippen LogP contribution in [0.2, 0.25) is 0 Å². The van der Waals surface area contributed by atoms with Gasteiger partial charge in [0.05, 0.1) is 0 Å². The summed E-state index contributed by atoms with van der Waals surface area (Å²) in [6.07, 6.45) is 0. The van der Waals surface area contributed by atoms with Crippen LogP contribution in [0.1, 0.15) is 0 Å². The maximum atomic E-state index is 10.6. The number of aliphatic carboxylic acids is 3. The molecule has 0 aliphatic heterocycles. The van der Waals surface area contributed by atoms with Crippen molar-refractivity contribution in [2.75, 3.05) is 19.7 Å². The molecule has 18 heavy (non-hydrogen) atoms. The van der Waals surface area contributed by atoms with Crippen molar-refractivity contribution < 1.29 is 39.8 Å². The summed E-state index contributed by atoms with van der Waals surface area (Å²) >= 11 is 0. The molecule has 0 spiro atoms. The van der Waals surface area contributed by atoms with Gasteiger partial charge in [0.25, 0.3) is 0 Å². The first kappa shape index (κ1) is 16.2. The maximum absolute atomic E-state index is 10.6. The Balaban J connectivity index is 3.99. The molecule has 0 aromatic carbocycles. The highest BCUT2D eigenvalue weighted by atomic mass is 17.1. The summed E-state index contributed by atoms with van der Waals surface area (Å²) in [5.74, 6) is -4.36. The highest BCUT2D eigenvalue weighted by molar-refractivity contribution is 5.97. The van der Waals surface area contributed by atoms with Gasteiger partial charge in [0, 0.05) is 13.1 Å². The van der Waals surface area contributed by atoms with Crippen LogP contribution >= 0.6 is 0 Å². The van der Waals surface area contributed by atoms with Crippen LogP contribution in [0.4, 0.5) is 0 Å². The van der Waals surface area contributed by atoms with Gasteiger partial charge in [-0.2, -0.15) is 0 Å². The quantitative estimate of drug-likeness (QED) is 0.109. The molecule has 0 saturated heterocycles. The number of hydrogen-bond donors (Lipinski definition) is 6. The fraction of sp³-hybridized carbons (Fsp3) is 0.625. The molecule has 0 aromatic heterocycles. The van der Waals surface area contributed by atoms with Crippen LogP contribution in [0.3, 0.4) is 0 Å². The molecule has 0 aliphatic carbocycles. The number of carboxylic acids is 3. The smallest absolute Gasteiger partial charge is 0.332 e. The molecular weight excluding hydrogens is 252 g/mol. The van der Waals surface area contributed by atoms with Gasteiger partial charge >= 0.3 is 17.9 Å². The normalized spacial score (nSPS) is 12.3. The van der Waals surface area contributed by atoms with Crippen LogP contribution in [0, 0.1) is 0 Å². The zero-order valence-electron chi connectivity index (χ0n) is 9.20. The minimum atomic E-state index is -1.76. The summed E-state index contributed by atoms with van der Waals surface area (Å²) in [6.45, 7) is -0.591. The van der Waals surface area contributed by atoms with Gasteiger partial charge in [0.15, 0.2) is 0 Å². The molecule has 0 saturated carbocycles. The first-order chi connectivity index (χ1) is 8.40. The Bertz CT molecular complexity index is 293. The van der Waals surface area contributed by atoms with Crippen LogP contribution in [0.15, 0.2) is 0 Å². The van der Waals surface area contributed by atoms with E-state index in [1.54, 1.807) is 0 Å². The zero-order valence-corrected chi connectivity index (χ0v) is 9.20. The molecule has 10 heteroatoms. The number of carboxylic acid groups (broad SMARTS) is 3. The highest BCUT2D eigenvalue weighted by Gasteiger charge is 2.24. The molecule has 0 aromatic rings. The predicted octanol–water partition coefficient (Wildman–Crippen LogP) is -2.35. The molecular formula is C8H14N2O8. The van der Waals surface area contributed by atoms with Crippen molar-refractivity contribution in [1.82, 2.24) is 10.6 Å². The van der Waals surface area contributed by atoms with Crippen molar-refractivity contribution in [3.05, 3.63) is 0 Å². The van der Waals surface area contributed by atoms with Gasteiger partial charge in [0.1, 0.15) is 12.6 Å². The Morgan fingerprint density at radius 1 is 0.944 bits per heavy atom. The average molecular weight is 266 g/mol. The summed E-state index contributed by atoms with van der Waals surface area (Å²) in [4.78, 5) is 35.2. The van der Waals surface area contributed by atoms with Gasteiger partial charge in [-0.3, -0.25) is 15.4 Å². The molecule has 0 bridgehead atoms. The van der Waals surface area contributed by atoms with E-state index < -0.39 is 36.6 Å². The molecule has 0 heterocycles. The Morgan fingerprint density at radius 3 is 1.83 bits per heavy atom. The maximum Gasteiger partial charge on any atom is 0.332 e. The first-order valence-electron chi connectivity index (χ1n) is 4.81. The van der Waals surface area contributed by atoms with Crippen molar-refractivity contribution in [2.45, 2.75) is 12.1 Å². The number of hydrogen-bond acceptors (Lipinski definition) is 7. The third kappa shape index (κ3) is 6.10. The van der Waals surface area contributed by atoms with Crippen LogP contribution in [0.5, 0.6) is 0 Å². The van der Waals surface area contributed by atoms with Crippen LogP contribution < -0.4 is 10.6 Å². The lowest BCUT2D eigenvalue weighted by Gasteiger charge is -2.14. The average Bonchev–Trinajstić information content (AvgIpc) is 2.25. The Kier molecular flexibility index (Phi) is 7.54. The van der Waals surface area contributed by atoms with Gasteiger partial charge in [-0.25, -0.2) is 14.5 Å². The second-order valence-electron chi connectivity index (χ2n) is 3.20. The van der Waals surface area contributed by atoms with E-state index in [4.69, 9.17) is 20.6 Å². The fourth-order valence-electron chi connectivity index (χ4n) is 1.04. The lowest BCUT2D eigenvalue weighted by molar-refractivity contribution is -0.247. The molecule has 0 amide bonds. The number of nitrogens with one attached hydrogen (secondary N) is 2. The summed E-state index contributed by atoms with van der Waals surface area (Å²) < 4.78 is 0. The third-order valence-corrected chi connectivity index (χ3v) is 1.90. The fourth-order valence-corrected chi connectivity index (χ4v) is 1.04. The van der Waals surface area contributed by atoms with E-state index in [0.717, 1.165) is 0 Å². The van der Waals surface area contributed by atoms with E-state index >= 15 is 0 Å². The van der Waals surface area contributed by atoms with E-state index in [1.807, 2.05) is 0 Å². The molecule has 104 valence electrons. The van der Waals surface area contributed by atoms with Gasteiger partial charge in [-0.1, -0.05) is 0 Å². The minimum absolute atomic E-state index is 0.0165. The third-order valence-electron chi connectivity index (χ3n) is 1.90. The molecule has 1 unspecified atom stereocenters. The largest absolute Gasteiger partial charge is 0.480 e. The van der Waals surface area contributed by atoms with E-state index in [-0.39, 0.29) is 13.1 Å². The Labute approximate surface area is 101 Å². The summed E-state index contributed by atoms with van der Waals surface area (Å²) in [5.41, 5.74) is 0. The van der Waals surface area contributed by atoms with Crippen LogP contribution in [-0.2, 0) is 19.3 Å². The van der Waals surface area contributed by atoms with Crippen molar-refractivity contribution in [3.63, 3.8) is 0 Å². The van der Waals surface area contributed by atoms with E-state index in [0.29, 0.717) is 0 Å². The van der Waals surface area contributed by atoms with Crippen LogP contribution in [0.25, 0.3) is 0 Å². The topological polar surface area (TPSA) is 165 Å². The molecule has 0 aliphatic rings. The molecule has 6 N–H and O–H groups in total. The number of rotatable bonds is 10. The summed E-state index contributed by atoms with van der Waals surface area (Å²) in [7, 11) is 0. The van der Waals surface area contributed by atoms with E-state index in [9.17, 15) is 14.4 Å². The summed E-state index contributed by atoms with van der Waals surface area (Å²) in [5, 5.41) is 38.4. The Hall–Kier alpha value is -1.75. The second kappa shape index (κ2) is 8.36. The van der Waals surface area contributed by atoms with Gasteiger partial charge < -0.3 is 20.6 Å². The zero-order chi connectivity index (χ0) is 14.1. The van der Waals surface area contributed by atoms with Crippen molar-refractivity contribution >= 4 is 17.9 Å². The summed E-state index contributed by atoms with van der Waals surface area (Å²) in [6, 6.07) is -2.94. The first-order valence-corrected chi connectivity index (χ1v) is 4.81. The van der Waals surface area contributed by atoms with Crippen molar-refractivity contribution in [3.8, 4) is 0 Å². The molecule has 0 fully saturated rings. The van der Waals surface area contributed by atoms with Gasteiger partial charge in [0.2, 0.25) is 6.04 Å². The molecule has 0 rings (SSSR count). The molecule has 10 nitrogen and oxygen atoms in total. The molecule has 0 radical (unpaired) electrons. The highest BCUT2D eigenvalue weighted by Crippen LogP contribution is 1.86. The van der Waals surface area contributed by atoms with E-state index in [2.05, 4.69) is 15.5 Å². The standard InChI is InChI=1S/C8H14N2O8/c11-6(12)4(3-18-17)9-1-2-10-5(7(13)14)8(15)16/h4-5,9-10,17H,1-3H2,(H,11,12)(H,13,14)(H,15,16).